The van der Waals surface area contributed by atoms with E-state index in [9.17, 15) is 31.7 Å². The predicted molar refractivity (Wildman–Crippen MR) is 88.4 cm³/mol. The standard InChI is InChI=1S/C15H13F3N2O6S/c1-25-10-6-7-14(12(8-10)20(21)22)27(23,24)19-11-4-2-3-5-13(11)26-9-15(16,17)18/h2-8,19H,9H2,1H3. The quantitative estimate of drug-likeness (QED) is 0.558. The van der Waals surface area contributed by atoms with Crippen LogP contribution in [0.25, 0.3) is 0 Å². The molecule has 0 bridgehead atoms. The minimum atomic E-state index is -4.62. The number of para-hydroxylation sites is 2. The predicted octanol–water partition coefficient (Wildman–Crippen LogP) is 3.35. The first kappa shape index (κ1) is 20.3. The molecule has 27 heavy (non-hydrogen) atoms. The van der Waals surface area contributed by atoms with Gasteiger partial charge in [0, 0.05) is 0 Å². The molecule has 0 aliphatic rings. The molecule has 2 aromatic rings. The number of anilines is 1. The maximum Gasteiger partial charge on any atom is 0.422 e. The van der Waals surface area contributed by atoms with Gasteiger partial charge in [0.25, 0.3) is 15.7 Å². The number of benzene rings is 2. The first-order valence-electron chi connectivity index (χ1n) is 7.17. The summed E-state index contributed by atoms with van der Waals surface area (Å²) in [5.74, 6) is -0.316. The van der Waals surface area contributed by atoms with Crippen LogP contribution in [0, 0.1) is 10.1 Å². The van der Waals surface area contributed by atoms with E-state index in [1.165, 1.54) is 31.4 Å². The van der Waals surface area contributed by atoms with Gasteiger partial charge in [-0.2, -0.15) is 13.2 Å². The molecule has 0 saturated heterocycles. The summed E-state index contributed by atoms with van der Waals surface area (Å²) in [5.41, 5.74) is -1.05. The number of nitro benzene ring substituents is 1. The molecular weight excluding hydrogens is 393 g/mol. The van der Waals surface area contributed by atoms with Crippen molar-refractivity contribution in [2.45, 2.75) is 11.1 Å². The minimum Gasteiger partial charge on any atom is -0.497 e. The van der Waals surface area contributed by atoms with Crippen molar-refractivity contribution < 1.29 is 36.0 Å². The summed E-state index contributed by atoms with van der Waals surface area (Å²) in [7, 11) is -3.25. The first-order valence-corrected chi connectivity index (χ1v) is 8.65. The Balaban J connectivity index is 2.39. The van der Waals surface area contributed by atoms with E-state index in [2.05, 4.69) is 4.74 Å². The molecule has 0 unspecified atom stereocenters. The highest BCUT2D eigenvalue weighted by atomic mass is 32.2. The molecule has 0 fully saturated rings. The fourth-order valence-corrected chi connectivity index (χ4v) is 3.25. The van der Waals surface area contributed by atoms with Crippen LogP contribution in [0.15, 0.2) is 47.4 Å². The molecule has 0 aliphatic carbocycles. The topological polar surface area (TPSA) is 108 Å². The number of sulfonamides is 1. The molecule has 8 nitrogen and oxygen atoms in total. The van der Waals surface area contributed by atoms with Crippen LogP contribution in [0.2, 0.25) is 0 Å². The van der Waals surface area contributed by atoms with Crippen molar-refractivity contribution in [1.82, 2.24) is 0 Å². The van der Waals surface area contributed by atoms with E-state index >= 15 is 0 Å². The van der Waals surface area contributed by atoms with Gasteiger partial charge in [-0.25, -0.2) is 8.42 Å². The highest BCUT2D eigenvalue weighted by molar-refractivity contribution is 7.92. The van der Waals surface area contributed by atoms with Crippen LogP contribution in [0.3, 0.4) is 0 Å². The van der Waals surface area contributed by atoms with Crippen LogP contribution >= 0.6 is 0 Å². The zero-order chi connectivity index (χ0) is 20.2. The van der Waals surface area contributed by atoms with Crippen molar-refractivity contribution in [3.63, 3.8) is 0 Å². The summed E-state index contributed by atoms with van der Waals surface area (Å²) in [5, 5.41) is 11.2. The van der Waals surface area contributed by atoms with Crippen molar-refractivity contribution in [2.24, 2.45) is 0 Å². The molecular formula is C15H13F3N2O6S. The minimum absolute atomic E-state index is 0.0644. The molecule has 12 heteroatoms. The number of methoxy groups -OCH3 is 1. The Hall–Kier alpha value is -3.02. The van der Waals surface area contributed by atoms with Crippen LogP contribution in [0.5, 0.6) is 11.5 Å². The lowest BCUT2D eigenvalue weighted by atomic mass is 10.3. The molecule has 0 spiro atoms. The summed E-state index contributed by atoms with van der Waals surface area (Å²) >= 11 is 0. The van der Waals surface area contributed by atoms with Gasteiger partial charge in [0.1, 0.15) is 11.5 Å². The largest absolute Gasteiger partial charge is 0.497 e. The average molecular weight is 406 g/mol. The number of halogens is 3. The number of alkyl halides is 3. The molecule has 0 aliphatic heterocycles. The first-order chi connectivity index (χ1) is 12.5. The van der Waals surface area contributed by atoms with Crippen molar-refractivity contribution >= 4 is 21.4 Å². The van der Waals surface area contributed by atoms with E-state index in [4.69, 9.17) is 4.74 Å². The van der Waals surface area contributed by atoms with Crippen LogP contribution in [-0.2, 0) is 10.0 Å². The summed E-state index contributed by atoms with van der Waals surface area (Å²) in [6.07, 6.45) is -4.62. The van der Waals surface area contributed by atoms with Gasteiger partial charge in [-0.15, -0.1) is 0 Å². The second-order valence-electron chi connectivity index (χ2n) is 5.10. The van der Waals surface area contributed by atoms with E-state index < -0.39 is 38.3 Å². The fraction of sp³-hybridized carbons (Fsp3) is 0.200. The van der Waals surface area contributed by atoms with Crippen molar-refractivity contribution in [3.8, 4) is 11.5 Å². The van der Waals surface area contributed by atoms with Crippen molar-refractivity contribution in [2.75, 3.05) is 18.4 Å². The molecule has 0 saturated carbocycles. The number of rotatable bonds is 7. The number of nitro groups is 1. The second kappa shape index (κ2) is 7.70. The van der Waals surface area contributed by atoms with Crippen LogP contribution < -0.4 is 14.2 Å². The lowest BCUT2D eigenvalue weighted by Crippen LogP contribution is -2.20. The zero-order valence-corrected chi connectivity index (χ0v) is 14.5. The number of hydrogen-bond donors (Lipinski definition) is 1. The number of ether oxygens (including phenoxy) is 2. The molecule has 2 aromatic carbocycles. The Morgan fingerprint density at radius 1 is 1.19 bits per heavy atom. The third kappa shape index (κ3) is 5.23. The summed E-state index contributed by atoms with van der Waals surface area (Å²) in [6.45, 7) is -1.63. The average Bonchev–Trinajstić information content (AvgIpc) is 2.59. The van der Waals surface area contributed by atoms with Crippen molar-refractivity contribution in [1.29, 1.82) is 0 Å². The molecule has 1 N–H and O–H groups in total. The lowest BCUT2D eigenvalue weighted by Gasteiger charge is -2.15. The monoisotopic (exact) mass is 406 g/mol. The van der Waals surface area contributed by atoms with E-state index in [1.807, 2.05) is 4.72 Å². The van der Waals surface area contributed by atoms with Gasteiger partial charge in [-0.3, -0.25) is 14.8 Å². The molecule has 0 heterocycles. The third-order valence-electron chi connectivity index (χ3n) is 3.18. The number of hydrogen-bond acceptors (Lipinski definition) is 6. The third-order valence-corrected chi connectivity index (χ3v) is 4.59. The SMILES string of the molecule is COc1ccc(S(=O)(=O)Nc2ccccc2OCC(F)(F)F)c([N+](=O)[O-])c1. The number of nitrogens with zero attached hydrogens (tertiary/aromatic N) is 1. The van der Waals surface area contributed by atoms with E-state index in [1.54, 1.807) is 0 Å². The molecule has 0 aromatic heterocycles. The molecule has 2 rings (SSSR count). The van der Waals surface area contributed by atoms with Gasteiger partial charge >= 0.3 is 6.18 Å². The van der Waals surface area contributed by atoms with Gasteiger partial charge in [0.05, 0.1) is 23.8 Å². The Kier molecular flexibility index (Phi) is 5.78. The summed E-state index contributed by atoms with van der Waals surface area (Å²) in [6, 6.07) is 8.08. The highest BCUT2D eigenvalue weighted by Crippen LogP contribution is 2.32. The van der Waals surface area contributed by atoms with Crippen molar-refractivity contribution in [3.05, 3.63) is 52.6 Å². The Morgan fingerprint density at radius 3 is 2.44 bits per heavy atom. The zero-order valence-electron chi connectivity index (χ0n) is 13.7. The molecule has 0 atom stereocenters. The maximum atomic E-state index is 12.5. The Morgan fingerprint density at radius 2 is 1.85 bits per heavy atom. The van der Waals surface area contributed by atoms with Gasteiger partial charge in [0.15, 0.2) is 11.5 Å². The number of nitrogens with one attached hydrogen (secondary N) is 1. The van der Waals surface area contributed by atoms with Gasteiger partial charge in [-0.05, 0) is 24.3 Å². The smallest absolute Gasteiger partial charge is 0.422 e. The Labute approximate surface area is 151 Å². The molecule has 0 radical (unpaired) electrons. The van der Waals surface area contributed by atoms with Crippen LogP contribution in [-0.4, -0.2) is 33.2 Å². The summed E-state index contributed by atoms with van der Waals surface area (Å²) < 4.78 is 73.5. The van der Waals surface area contributed by atoms with Crippen LogP contribution in [0.1, 0.15) is 0 Å². The fourth-order valence-electron chi connectivity index (χ4n) is 2.03. The van der Waals surface area contributed by atoms with Gasteiger partial charge in [0.2, 0.25) is 0 Å². The maximum absolute atomic E-state index is 12.5. The van der Waals surface area contributed by atoms with Gasteiger partial charge in [-0.1, -0.05) is 12.1 Å². The Bertz CT molecular complexity index is 947. The molecule has 146 valence electrons. The van der Waals surface area contributed by atoms with Crippen LogP contribution in [0.4, 0.5) is 24.5 Å². The van der Waals surface area contributed by atoms with E-state index in [-0.39, 0.29) is 17.2 Å². The normalized spacial score (nSPS) is 11.7. The molecule has 0 amide bonds. The summed E-state index contributed by atoms with van der Waals surface area (Å²) in [4.78, 5) is 9.58. The second-order valence-corrected chi connectivity index (χ2v) is 6.75. The van der Waals surface area contributed by atoms with Gasteiger partial charge < -0.3 is 9.47 Å². The lowest BCUT2D eigenvalue weighted by molar-refractivity contribution is -0.387. The highest BCUT2D eigenvalue weighted by Gasteiger charge is 2.30. The van der Waals surface area contributed by atoms with E-state index in [0.29, 0.717) is 0 Å². The van der Waals surface area contributed by atoms with E-state index in [0.717, 1.165) is 18.2 Å².